The number of unbranched alkanes of at least 4 members (excludes halogenated alkanes) is 2. The molecule has 0 aliphatic carbocycles. The minimum atomic E-state index is 0.366. The van der Waals surface area contributed by atoms with Gasteiger partial charge >= 0.3 is 0 Å². The maximum atomic E-state index is 5.76. The van der Waals surface area contributed by atoms with Gasteiger partial charge in [-0.05, 0) is 19.4 Å². The van der Waals surface area contributed by atoms with Gasteiger partial charge in [0.25, 0.3) is 0 Å². The summed E-state index contributed by atoms with van der Waals surface area (Å²) in [7, 11) is 0. The molecule has 2 N–H and O–H groups in total. The van der Waals surface area contributed by atoms with E-state index < -0.39 is 0 Å². The Bertz CT molecular complexity index is 147. The van der Waals surface area contributed by atoms with Gasteiger partial charge in [-0.1, -0.05) is 26.7 Å². The average Bonchev–Trinajstić information content (AvgIpc) is 2.30. The molecule has 0 aromatic rings. The van der Waals surface area contributed by atoms with Crippen molar-refractivity contribution >= 4 is 0 Å². The smallest absolute Gasteiger partial charge is 0.0852 e. The molecule has 3 nitrogen and oxygen atoms in total. The minimum absolute atomic E-state index is 0.366. The summed E-state index contributed by atoms with van der Waals surface area (Å²) >= 11 is 0. The molecular formula is C12H26N2O. The summed E-state index contributed by atoms with van der Waals surface area (Å²) in [6.07, 6.45) is 5.42. The second-order valence-corrected chi connectivity index (χ2v) is 4.29. The molecular weight excluding hydrogens is 188 g/mol. The first-order chi connectivity index (χ1) is 7.38. The zero-order chi connectivity index (χ0) is 10.9. The molecule has 0 saturated carbocycles. The fraction of sp³-hybridized carbons (Fsp3) is 1.00. The third-order valence-corrected chi connectivity index (χ3v) is 3.03. The van der Waals surface area contributed by atoms with E-state index >= 15 is 0 Å². The highest BCUT2D eigenvalue weighted by Crippen LogP contribution is 2.06. The van der Waals surface area contributed by atoms with Crippen LogP contribution in [-0.2, 0) is 4.74 Å². The van der Waals surface area contributed by atoms with Crippen molar-refractivity contribution in [3.63, 3.8) is 0 Å². The summed E-state index contributed by atoms with van der Waals surface area (Å²) in [5.41, 5.74) is 0. The van der Waals surface area contributed by atoms with Gasteiger partial charge in [0.1, 0.15) is 0 Å². The molecule has 0 spiro atoms. The van der Waals surface area contributed by atoms with Gasteiger partial charge in [-0.2, -0.15) is 0 Å². The summed E-state index contributed by atoms with van der Waals surface area (Å²) in [6.45, 7) is 8.47. The monoisotopic (exact) mass is 214 g/mol. The van der Waals surface area contributed by atoms with E-state index in [0.717, 1.165) is 32.7 Å². The first-order valence-corrected chi connectivity index (χ1v) is 6.44. The van der Waals surface area contributed by atoms with Crippen LogP contribution in [0.3, 0.4) is 0 Å². The van der Waals surface area contributed by atoms with Crippen LogP contribution in [0, 0.1) is 0 Å². The van der Waals surface area contributed by atoms with E-state index in [2.05, 4.69) is 24.5 Å². The number of hydrogen-bond acceptors (Lipinski definition) is 3. The maximum Gasteiger partial charge on any atom is 0.0852 e. The summed E-state index contributed by atoms with van der Waals surface area (Å²) in [5.74, 6) is 0. The van der Waals surface area contributed by atoms with Crippen LogP contribution < -0.4 is 10.6 Å². The molecule has 1 heterocycles. The lowest BCUT2D eigenvalue weighted by atomic mass is 10.1. The maximum absolute atomic E-state index is 5.76. The van der Waals surface area contributed by atoms with Crippen molar-refractivity contribution in [3.05, 3.63) is 0 Å². The number of rotatable bonds is 7. The Labute approximate surface area is 94.0 Å². The molecule has 15 heavy (non-hydrogen) atoms. The summed E-state index contributed by atoms with van der Waals surface area (Å²) in [5, 5.41) is 7.00. The Morgan fingerprint density at radius 3 is 2.87 bits per heavy atom. The lowest BCUT2D eigenvalue weighted by Gasteiger charge is -2.31. The predicted molar refractivity (Wildman–Crippen MR) is 64.2 cm³/mol. The predicted octanol–water partition coefficient (Wildman–Crippen LogP) is 1.53. The third kappa shape index (κ3) is 4.96. The topological polar surface area (TPSA) is 33.3 Å². The Morgan fingerprint density at radius 1 is 1.40 bits per heavy atom. The van der Waals surface area contributed by atoms with Crippen LogP contribution in [-0.4, -0.2) is 38.4 Å². The van der Waals surface area contributed by atoms with E-state index in [1.807, 2.05) is 0 Å². The van der Waals surface area contributed by atoms with Crippen molar-refractivity contribution in [2.75, 3.05) is 26.2 Å². The van der Waals surface area contributed by atoms with Gasteiger partial charge in [-0.3, -0.25) is 0 Å². The lowest BCUT2D eigenvalue weighted by Crippen LogP contribution is -2.50. The van der Waals surface area contributed by atoms with Crippen LogP contribution in [0.15, 0.2) is 0 Å². The van der Waals surface area contributed by atoms with E-state index in [-0.39, 0.29) is 0 Å². The molecule has 1 rings (SSSR count). The lowest BCUT2D eigenvalue weighted by molar-refractivity contribution is 0.00351. The largest absolute Gasteiger partial charge is 0.374 e. The minimum Gasteiger partial charge on any atom is -0.374 e. The second-order valence-electron chi connectivity index (χ2n) is 4.29. The van der Waals surface area contributed by atoms with E-state index in [1.54, 1.807) is 0 Å². The molecule has 2 unspecified atom stereocenters. The zero-order valence-corrected chi connectivity index (χ0v) is 10.2. The molecule has 0 amide bonds. The Balaban J connectivity index is 2.15. The van der Waals surface area contributed by atoms with Gasteiger partial charge in [0, 0.05) is 19.1 Å². The highest BCUT2D eigenvalue weighted by Gasteiger charge is 2.21. The van der Waals surface area contributed by atoms with Gasteiger partial charge < -0.3 is 15.4 Å². The van der Waals surface area contributed by atoms with Crippen molar-refractivity contribution in [2.24, 2.45) is 0 Å². The SMILES string of the molecule is CCCCCNC(CC)C1CNCCO1. The van der Waals surface area contributed by atoms with Crippen LogP contribution in [0.4, 0.5) is 0 Å². The third-order valence-electron chi connectivity index (χ3n) is 3.03. The van der Waals surface area contributed by atoms with Crippen LogP contribution >= 0.6 is 0 Å². The second kappa shape index (κ2) is 8.08. The summed E-state index contributed by atoms with van der Waals surface area (Å²) in [4.78, 5) is 0. The number of ether oxygens (including phenoxy) is 1. The molecule has 1 saturated heterocycles. The van der Waals surface area contributed by atoms with Gasteiger partial charge in [0.15, 0.2) is 0 Å². The van der Waals surface area contributed by atoms with E-state index in [1.165, 1.54) is 19.3 Å². The van der Waals surface area contributed by atoms with Crippen LogP contribution in [0.2, 0.25) is 0 Å². The van der Waals surface area contributed by atoms with Gasteiger partial charge in [-0.25, -0.2) is 0 Å². The molecule has 0 bridgehead atoms. The molecule has 1 aliphatic heterocycles. The molecule has 3 heteroatoms. The van der Waals surface area contributed by atoms with Crippen molar-refractivity contribution in [2.45, 2.75) is 51.7 Å². The van der Waals surface area contributed by atoms with Gasteiger partial charge in [0.2, 0.25) is 0 Å². The highest BCUT2D eigenvalue weighted by molar-refractivity contribution is 4.80. The average molecular weight is 214 g/mol. The van der Waals surface area contributed by atoms with E-state index in [9.17, 15) is 0 Å². The van der Waals surface area contributed by atoms with E-state index in [0.29, 0.717) is 12.1 Å². The zero-order valence-electron chi connectivity index (χ0n) is 10.2. The molecule has 0 radical (unpaired) electrons. The molecule has 1 aliphatic rings. The number of hydrogen-bond donors (Lipinski definition) is 2. The van der Waals surface area contributed by atoms with Crippen LogP contribution in [0.5, 0.6) is 0 Å². The van der Waals surface area contributed by atoms with Crippen molar-refractivity contribution in [3.8, 4) is 0 Å². The summed E-state index contributed by atoms with van der Waals surface area (Å²) < 4.78 is 5.76. The normalized spacial score (nSPS) is 24.0. The Morgan fingerprint density at radius 2 is 2.27 bits per heavy atom. The van der Waals surface area contributed by atoms with Gasteiger partial charge in [0.05, 0.1) is 12.7 Å². The first-order valence-electron chi connectivity index (χ1n) is 6.44. The van der Waals surface area contributed by atoms with Crippen molar-refractivity contribution in [1.82, 2.24) is 10.6 Å². The highest BCUT2D eigenvalue weighted by atomic mass is 16.5. The fourth-order valence-corrected chi connectivity index (χ4v) is 2.05. The number of nitrogens with one attached hydrogen (secondary N) is 2. The molecule has 90 valence electrons. The Hall–Kier alpha value is -0.120. The quantitative estimate of drug-likeness (QED) is 0.631. The first kappa shape index (κ1) is 12.9. The number of morpholine rings is 1. The standard InChI is InChI=1S/C12H26N2O/c1-3-5-6-7-14-11(4-2)12-10-13-8-9-15-12/h11-14H,3-10H2,1-2H3. The molecule has 1 fully saturated rings. The van der Waals surface area contributed by atoms with Crippen LogP contribution in [0.25, 0.3) is 0 Å². The summed E-state index contributed by atoms with van der Waals surface area (Å²) in [6, 6.07) is 0.523. The van der Waals surface area contributed by atoms with Gasteiger partial charge in [-0.15, -0.1) is 0 Å². The van der Waals surface area contributed by atoms with Crippen molar-refractivity contribution in [1.29, 1.82) is 0 Å². The Kier molecular flexibility index (Phi) is 6.98. The van der Waals surface area contributed by atoms with Crippen LogP contribution in [0.1, 0.15) is 39.5 Å². The molecule has 2 atom stereocenters. The van der Waals surface area contributed by atoms with Crippen molar-refractivity contribution < 1.29 is 4.74 Å². The fourth-order valence-electron chi connectivity index (χ4n) is 2.05. The molecule has 0 aromatic heterocycles. The van der Waals surface area contributed by atoms with E-state index in [4.69, 9.17) is 4.74 Å². The molecule has 0 aromatic carbocycles.